The largest absolute Gasteiger partial charge is 0.366 e. The van der Waals surface area contributed by atoms with Crippen LogP contribution in [0.3, 0.4) is 0 Å². The van der Waals surface area contributed by atoms with E-state index < -0.39 is 0 Å². The minimum absolute atomic E-state index is 0.0150. The van der Waals surface area contributed by atoms with Gasteiger partial charge in [0.1, 0.15) is 0 Å². The van der Waals surface area contributed by atoms with E-state index >= 15 is 0 Å². The summed E-state index contributed by atoms with van der Waals surface area (Å²) in [5.74, 6) is -0.0103. The van der Waals surface area contributed by atoms with Gasteiger partial charge in [-0.1, -0.05) is 0 Å². The molecular formula is C10H16N6O2. The first-order chi connectivity index (χ1) is 8.61. The van der Waals surface area contributed by atoms with Crippen molar-refractivity contribution in [1.82, 2.24) is 25.4 Å². The van der Waals surface area contributed by atoms with Crippen LogP contribution in [-0.4, -0.2) is 52.0 Å². The van der Waals surface area contributed by atoms with Crippen molar-refractivity contribution < 1.29 is 9.59 Å². The second-order valence-electron chi connectivity index (χ2n) is 4.22. The summed E-state index contributed by atoms with van der Waals surface area (Å²) in [5, 5.41) is 8.74. The van der Waals surface area contributed by atoms with Crippen LogP contribution in [0.2, 0.25) is 0 Å². The summed E-state index contributed by atoms with van der Waals surface area (Å²) < 4.78 is 0. The maximum absolute atomic E-state index is 12.0. The molecule has 2 heterocycles. The highest BCUT2D eigenvalue weighted by Crippen LogP contribution is 2.18. The first kappa shape index (κ1) is 12.3. The van der Waals surface area contributed by atoms with Gasteiger partial charge in [0.25, 0.3) is 5.91 Å². The van der Waals surface area contributed by atoms with Crippen LogP contribution in [0.4, 0.5) is 5.95 Å². The molecule has 0 aliphatic carbocycles. The van der Waals surface area contributed by atoms with E-state index in [0.717, 1.165) is 0 Å². The number of amides is 2. The fourth-order valence-corrected chi connectivity index (χ4v) is 2.07. The van der Waals surface area contributed by atoms with Gasteiger partial charge in [-0.15, -0.1) is 5.10 Å². The Morgan fingerprint density at radius 3 is 2.61 bits per heavy atom. The van der Waals surface area contributed by atoms with Crippen molar-refractivity contribution in [3.8, 4) is 0 Å². The van der Waals surface area contributed by atoms with Crippen molar-refractivity contribution in [3.63, 3.8) is 0 Å². The minimum Gasteiger partial charge on any atom is -0.366 e. The lowest BCUT2D eigenvalue weighted by atomic mass is 9.96. The number of aromatic amines is 1. The topological polar surface area (TPSA) is 117 Å². The average molecular weight is 252 g/mol. The van der Waals surface area contributed by atoms with E-state index in [4.69, 9.17) is 5.73 Å². The zero-order chi connectivity index (χ0) is 13.1. The Morgan fingerprint density at radius 2 is 2.11 bits per heavy atom. The van der Waals surface area contributed by atoms with Crippen LogP contribution in [0.25, 0.3) is 0 Å². The van der Waals surface area contributed by atoms with Crippen molar-refractivity contribution in [3.05, 3.63) is 5.82 Å². The molecule has 1 aromatic heterocycles. The summed E-state index contributed by atoms with van der Waals surface area (Å²) in [6.45, 7) is 1.08. The number of carbonyl (C=O) groups is 2. The number of hydrogen-bond acceptors (Lipinski definition) is 5. The molecule has 1 saturated heterocycles. The van der Waals surface area contributed by atoms with Crippen LogP contribution in [-0.2, 0) is 4.79 Å². The lowest BCUT2D eigenvalue weighted by Crippen LogP contribution is -2.42. The van der Waals surface area contributed by atoms with Gasteiger partial charge in [0, 0.05) is 26.1 Å². The van der Waals surface area contributed by atoms with Gasteiger partial charge in [0.05, 0.1) is 0 Å². The number of piperidine rings is 1. The second-order valence-corrected chi connectivity index (χ2v) is 4.22. The molecule has 0 bridgehead atoms. The molecule has 1 aliphatic heterocycles. The third kappa shape index (κ3) is 2.41. The Hall–Kier alpha value is -2.12. The van der Waals surface area contributed by atoms with Gasteiger partial charge < -0.3 is 16.0 Å². The van der Waals surface area contributed by atoms with Gasteiger partial charge in [-0.2, -0.15) is 4.98 Å². The Labute approximate surface area is 104 Å². The summed E-state index contributed by atoms with van der Waals surface area (Å²) in [7, 11) is 1.62. The summed E-state index contributed by atoms with van der Waals surface area (Å²) >= 11 is 0. The third-order valence-electron chi connectivity index (χ3n) is 3.10. The molecule has 0 aromatic carbocycles. The van der Waals surface area contributed by atoms with E-state index in [2.05, 4.69) is 20.5 Å². The molecule has 1 aliphatic rings. The van der Waals surface area contributed by atoms with Gasteiger partial charge in [0.2, 0.25) is 17.7 Å². The molecule has 2 rings (SSSR count). The van der Waals surface area contributed by atoms with Crippen LogP contribution in [0.1, 0.15) is 23.5 Å². The number of carbonyl (C=O) groups excluding carboxylic acids is 2. The number of nitrogens with zero attached hydrogens (tertiary/aromatic N) is 3. The molecule has 0 spiro atoms. The van der Waals surface area contributed by atoms with Crippen molar-refractivity contribution in [2.75, 3.05) is 25.9 Å². The molecule has 0 atom stereocenters. The fraction of sp³-hybridized carbons (Fsp3) is 0.600. The van der Waals surface area contributed by atoms with Gasteiger partial charge in [-0.25, -0.2) is 0 Å². The molecule has 18 heavy (non-hydrogen) atoms. The van der Waals surface area contributed by atoms with Crippen LogP contribution < -0.4 is 11.1 Å². The molecule has 1 fully saturated rings. The Balaban J connectivity index is 1.94. The number of likely N-dealkylation sites (tertiary alicyclic amines) is 1. The fourth-order valence-electron chi connectivity index (χ4n) is 2.07. The highest BCUT2D eigenvalue weighted by atomic mass is 16.2. The zero-order valence-corrected chi connectivity index (χ0v) is 10.1. The molecular weight excluding hydrogens is 236 g/mol. The van der Waals surface area contributed by atoms with Crippen molar-refractivity contribution >= 4 is 17.8 Å². The van der Waals surface area contributed by atoms with E-state index in [0.29, 0.717) is 25.9 Å². The maximum Gasteiger partial charge on any atom is 0.291 e. The van der Waals surface area contributed by atoms with Gasteiger partial charge in [-0.3, -0.25) is 14.7 Å². The highest BCUT2D eigenvalue weighted by Gasteiger charge is 2.28. The highest BCUT2D eigenvalue weighted by molar-refractivity contribution is 5.91. The third-order valence-corrected chi connectivity index (χ3v) is 3.10. The second kappa shape index (κ2) is 5.03. The van der Waals surface area contributed by atoms with E-state index in [1.54, 1.807) is 11.9 Å². The SMILES string of the molecule is CNC(=O)C1CCN(C(=O)c2nc(N)n[nH]2)CC1. The quantitative estimate of drug-likeness (QED) is 0.623. The summed E-state index contributed by atoms with van der Waals surface area (Å²) in [6.07, 6.45) is 1.32. The lowest BCUT2D eigenvalue weighted by molar-refractivity contribution is -0.125. The van der Waals surface area contributed by atoms with E-state index in [9.17, 15) is 9.59 Å². The Morgan fingerprint density at radius 1 is 1.44 bits per heavy atom. The zero-order valence-electron chi connectivity index (χ0n) is 10.1. The van der Waals surface area contributed by atoms with E-state index in [-0.39, 0.29) is 29.5 Å². The number of aromatic nitrogens is 3. The molecule has 1 aromatic rings. The number of H-pyrrole nitrogens is 1. The molecule has 0 radical (unpaired) electrons. The summed E-state index contributed by atoms with van der Waals surface area (Å²) in [5.41, 5.74) is 5.35. The van der Waals surface area contributed by atoms with Crippen LogP contribution in [0.15, 0.2) is 0 Å². The standard InChI is InChI=1S/C10H16N6O2/c1-12-8(17)6-2-4-16(5-3-6)9(18)7-13-10(11)15-14-7/h6H,2-5H2,1H3,(H,12,17)(H3,11,13,14,15). The number of nitrogens with one attached hydrogen (secondary N) is 2. The van der Waals surface area contributed by atoms with Crippen LogP contribution in [0, 0.1) is 5.92 Å². The van der Waals surface area contributed by atoms with E-state index in [1.807, 2.05) is 0 Å². The minimum atomic E-state index is -0.227. The first-order valence-electron chi connectivity index (χ1n) is 5.80. The van der Waals surface area contributed by atoms with Gasteiger partial charge in [-0.05, 0) is 12.8 Å². The van der Waals surface area contributed by atoms with Gasteiger partial charge in [0.15, 0.2) is 0 Å². The van der Waals surface area contributed by atoms with Crippen LogP contribution in [0.5, 0.6) is 0 Å². The normalized spacial score (nSPS) is 16.6. The lowest BCUT2D eigenvalue weighted by Gasteiger charge is -2.30. The number of anilines is 1. The average Bonchev–Trinajstić information content (AvgIpc) is 2.84. The predicted octanol–water partition coefficient (Wildman–Crippen LogP) is -1.01. The van der Waals surface area contributed by atoms with Crippen molar-refractivity contribution in [1.29, 1.82) is 0 Å². The maximum atomic E-state index is 12.0. The number of nitrogens with two attached hydrogens (primary N) is 1. The Kier molecular flexibility index (Phi) is 3.45. The molecule has 98 valence electrons. The van der Waals surface area contributed by atoms with Crippen molar-refractivity contribution in [2.45, 2.75) is 12.8 Å². The van der Waals surface area contributed by atoms with Crippen molar-refractivity contribution in [2.24, 2.45) is 5.92 Å². The summed E-state index contributed by atoms with van der Waals surface area (Å²) in [6, 6.07) is 0. The molecule has 2 amide bonds. The molecule has 8 heteroatoms. The predicted molar refractivity (Wildman–Crippen MR) is 63.5 cm³/mol. The van der Waals surface area contributed by atoms with Crippen LogP contribution >= 0.6 is 0 Å². The molecule has 8 nitrogen and oxygen atoms in total. The number of rotatable bonds is 2. The molecule has 0 unspecified atom stereocenters. The first-order valence-corrected chi connectivity index (χ1v) is 5.80. The van der Waals surface area contributed by atoms with Gasteiger partial charge >= 0.3 is 0 Å². The molecule has 0 saturated carbocycles. The summed E-state index contributed by atoms with van der Waals surface area (Å²) in [4.78, 5) is 28.9. The number of nitrogen functional groups attached to an aromatic ring is 1. The number of hydrogen-bond donors (Lipinski definition) is 3. The van der Waals surface area contributed by atoms with E-state index in [1.165, 1.54) is 0 Å². The monoisotopic (exact) mass is 252 g/mol. The Bertz CT molecular complexity index is 449. The smallest absolute Gasteiger partial charge is 0.291 e. The molecule has 4 N–H and O–H groups in total.